The van der Waals surface area contributed by atoms with Gasteiger partial charge < -0.3 is 18.8 Å². The van der Waals surface area contributed by atoms with E-state index >= 15 is 0 Å². The first-order valence-electron chi connectivity index (χ1n) is 8.11. The summed E-state index contributed by atoms with van der Waals surface area (Å²) in [7, 11) is 4.75. The second-order valence-corrected chi connectivity index (χ2v) is 6.10. The van der Waals surface area contributed by atoms with Crippen LogP contribution in [0.4, 0.5) is 0 Å². The predicted molar refractivity (Wildman–Crippen MR) is 96.0 cm³/mol. The Bertz CT molecular complexity index is 1090. The Morgan fingerprint density at radius 2 is 1.73 bits per heavy atom. The molecule has 26 heavy (non-hydrogen) atoms. The smallest absolute Gasteiger partial charge is 0.290 e. The van der Waals surface area contributed by atoms with Crippen molar-refractivity contribution < 1.29 is 18.7 Å². The Morgan fingerprint density at radius 1 is 1.00 bits per heavy atom. The summed E-state index contributed by atoms with van der Waals surface area (Å²) in [6.45, 7) is 0. The lowest BCUT2D eigenvalue weighted by molar-refractivity contribution is 0.0771. The van der Waals surface area contributed by atoms with Gasteiger partial charge in [0.1, 0.15) is 5.58 Å². The lowest BCUT2D eigenvalue weighted by Crippen LogP contribution is -2.25. The summed E-state index contributed by atoms with van der Waals surface area (Å²) >= 11 is 0. The highest BCUT2D eigenvalue weighted by atomic mass is 16.5. The number of hydrogen-bond acceptors (Lipinski definition) is 5. The van der Waals surface area contributed by atoms with Gasteiger partial charge in [0, 0.05) is 7.05 Å². The van der Waals surface area contributed by atoms with E-state index in [2.05, 4.69) is 0 Å². The third-order valence-corrected chi connectivity index (χ3v) is 4.73. The number of benzene rings is 2. The number of fused-ring (bicyclic) bond motifs is 2. The van der Waals surface area contributed by atoms with E-state index in [1.807, 2.05) is 6.07 Å². The lowest BCUT2D eigenvalue weighted by Gasteiger charge is -2.21. The normalized spacial score (nSPS) is 16.0. The molecule has 132 valence electrons. The minimum Gasteiger partial charge on any atom is -0.493 e. The van der Waals surface area contributed by atoms with Gasteiger partial charge in [0.05, 0.1) is 31.2 Å². The molecule has 1 aliphatic heterocycles. The molecule has 1 unspecified atom stereocenters. The van der Waals surface area contributed by atoms with Crippen LogP contribution in [0.1, 0.15) is 27.7 Å². The summed E-state index contributed by atoms with van der Waals surface area (Å²) in [5, 5.41) is 0.458. The molecule has 1 aromatic heterocycles. The summed E-state index contributed by atoms with van der Waals surface area (Å²) in [6.07, 6.45) is 0. The Kier molecular flexibility index (Phi) is 3.68. The van der Waals surface area contributed by atoms with Crippen molar-refractivity contribution >= 4 is 16.9 Å². The van der Waals surface area contributed by atoms with Crippen molar-refractivity contribution in [2.45, 2.75) is 6.04 Å². The largest absolute Gasteiger partial charge is 0.493 e. The maximum atomic E-state index is 13.1. The van der Waals surface area contributed by atoms with E-state index < -0.39 is 6.04 Å². The van der Waals surface area contributed by atoms with Crippen LogP contribution in [-0.4, -0.2) is 32.1 Å². The van der Waals surface area contributed by atoms with Gasteiger partial charge in [0.15, 0.2) is 16.9 Å². The lowest BCUT2D eigenvalue weighted by atomic mass is 9.98. The highest BCUT2D eigenvalue weighted by molar-refractivity contribution is 5.98. The Morgan fingerprint density at radius 3 is 2.46 bits per heavy atom. The van der Waals surface area contributed by atoms with E-state index in [9.17, 15) is 9.59 Å². The van der Waals surface area contributed by atoms with E-state index in [1.54, 1.807) is 57.7 Å². The van der Waals surface area contributed by atoms with Crippen LogP contribution in [0, 0.1) is 0 Å². The fourth-order valence-electron chi connectivity index (χ4n) is 3.45. The van der Waals surface area contributed by atoms with Crippen molar-refractivity contribution in [2.75, 3.05) is 21.3 Å². The predicted octanol–water partition coefficient (Wildman–Crippen LogP) is 2.99. The number of hydrogen-bond donors (Lipinski definition) is 0. The molecule has 1 amide bonds. The first kappa shape index (κ1) is 16.2. The average molecular weight is 351 g/mol. The number of rotatable bonds is 3. The fraction of sp³-hybridized carbons (Fsp3) is 0.200. The maximum absolute atomic E-state index is 13.1. The summed E-state index contributed by atoms with van der Waals surface area (Å²) in [4.78, 5) is 27.3. The molecule has 0 bridgehead atoms. The molecule has 0 radical (unpaired) electrons. The molecule has 2 aromatic carbocycles. The SMILES string of the molecule is COc1ccc(C2c3c(oc4ccccc4c3=O)C(=O)N2C)cc1OC. The van der Waals surface area contributed by atoms with Crippen LogP contribution in [0.15, 0.2) is 51.7 Å². The van der Waals surface area contributed by atoms with Crippen LogP contribution < -0.4 is 14.9 Å². The molecule has 0 N–H and O–H groups in total. The van der Waals surface area contributed by atoms with Gasteiger partial charge in [0.2, 0.25) is 5.76 Å². The minimum absolute atomic E-state index is 0.0935. The first-order chi connectivity index (χ1) is 12.6. The van der Waals surface area contributed by atoms with Crippen molar-refractivity contribution in [3.63, 3.8) is 0 Å². The summed E-state index contributed by atoms with van der Waals surface area (Å²) in [6, 6.07) is 11.7. The Hall–Kier alpha value is -3.28. The second kappa shape index (κ2) is 5.91. The maximum Gasteiger partial charge on any atom is 0.290 e. The first-order valence-corrected chi connectivity index (χ1v) is 8.11. The summed E-state index contributed by atoms with van der Waals surface area (Å²) < 4.78 is 16.4. The van der Waals surface area contributed by atoms with Crippen LogP contribution in [-0.2, 0) is 0 Å². The van der Waals surface area contributed by atoms with Crippen molar-refractivity contribution in [1.29, 1.82) is 0 Å². The molecule has 2 heterocycles. The van der Waals surface area contributed by atoms with E-state index in [-0.39, 0.29) is 17.1 Å². The molecule has 6 nitrogen and oxygen atoms in total. The highest BCUT2D eigenvalue weighted by Crippen LogP contribution is 2.39. The van der Waals surface area contributed by atoms with Crippen molar-refractivity contribution in [3.05, 3.63) is 69.6 Å². The Balaban J connectivity index is 1.97. The van der Waals surface area contributed by atoms with Crippen molar-refractivity contribution in [2.24, 2.45) is 0 Å². The van der Waals surface area contributed by atoms with Crippen LogP contribution in [0.3, 0.4) is 0 Å². The molecular weight excluding hydrogens is 334 g/mol. The zero-order valence-electron chi connectivity index (χ0n) is 14.6. The molecule has 1 aliphatic rings. The van der Waals surface area contributed by atoms with Crippen LogP contribution in [0.5, 0.6) is 11.5 Å². The third kappa shape index (κ3) is 2.19. The summed E-state index contributed by atoms with van der Waals surface area (Å²) in [5.74, 6) is 0.886. The van der Waals surface area contributed by atoms with E-state index in [1.165, 1.54) is 4.90 Å². The van der Waals surface area contributed by atoms with Gasteiger partial charge in [-0.25, -0.2) is 0 Å². The molecule has 6 heteroatoms. The van der Waals surface area contributed by atoms with Gasteiger partial charge in [-0.1, -0.05) is 18.2 Å². The molecule has 0 saturated carbocycles. The van der Waals surface area contributed by atoms with Gasteiger partial charge in [-0.2, -0.15) is 0 Å². The molecule has 3 aromatic rings. The van der Waals surface area contributed by atoms with Gasteiger partial charge in [-0.3, -0.25) is 9.59 Å². The Labute approximate surface area is 149 Å². The topological polar surface area (TPSA) is 69.0 Å². The van der Waals surface area contributed by atoms with Crippen LogP contribution in [0.2, 0.25) is 0 Å². The monoisotopic (exact) mass is 351 g/mol. The van der Waals surface area contributed by atoms with E-state index in [0.717, 1.165) is 5.56 Å². The molecule has 0 aliphatic carbocycles. The fourth-order valence-corrected chi connectivity index (χ4v) is 3.45. The summed E-state index contributed by atoms with van der Waals surface area (Å²) in [5.41, 5.74) is 1.31. The molecule has 0 saturated heterocycles. The number of para-hydroxylation sites is 1. The molecule has 0 spiro atoms. The number of carbonyl (C=O) groups excluding carboxylic acids is 1. The quantitative estimate of drug-likeness (QED) is 0.726. The molecule has 0 fully saturated rings. The van der Waals surface area contributed by atoms with Gasteiger partial charge >= 0.3 is 0 Å². The number of amides is 1. The average Bonchev–Trinajstić information content (AvgIpc) is 2.93. The number of ether oxygens (including phenoxy) is 2. The standard InChI is InChI=1S/C20H17NO5/c1-21-17(11-8-9-14(24-2)15(10-11)25-3)16-18(22)12-6-4-5-7-13(12)26-19(16)20(21)23/h4-10,17H,1-3H3. The third-order valence-electron chi connectivity index (χ3n) is 4.73. The van der Waals surface area contributed by atoms with Crippen molar-refractivity contribution in [1.82, 2.24) is 4.90 Å². The van der Waals surface area contributed by atoms with E-state index in [0.29, 0.717) is 28.0 Å². The van der Waals surface area contributed by atoms with Crippen LogP contribution >= 0.6 is 0 Å². The van der Waals surface area contributed by atoms with Gasteiger partial charge in [-0.15, -0.1) is 0 Å². The zero-order chi connectivity index (χ0) is 18.4. The van der Waals surface area contributed by atoms with Crippen molar-refractivity contribution in [3.8, 4) is 11.5 Å². The minimum atomic E-state index is -0.543. The number of carbonyl (C=O) groups is 1. The second-order valence-electron chi connectivity index (χ2n) is 6.10. The van der Waals surface area contributed by atoms with Gasteiger partial charge in [-0.05, 0) is 29.8 Å². The number of methoxy groups -OCH3 is 2. The van der Waals surface area contributed by atoms with Gasteiger partial charge in [0.25, 0.3) is 5.91 Å². The molecular formula is C20H17NO5. The molecule has 4 rings (SSSR count). The number of nitrogens with zero attached hydrogens (tertiary/aromatic N) is 1. The highest BCUT2D eigenvalue weighted by Gasteiger charge is 2.40. The van der Waals surface area contributed by atoms with Crippen LogP contribution in [0.25, 0.3) is 11.0 Å². The van der Waals surface area contributed by atoms with E-state index in [4.69, 9.17) is 13.9 Å². The molecule has 1 atom stereocenters. The zero-order valence-corrected chi connectivity index (χ0v) is 14.6.